The molecular formula is C25H31IN3O2-. The summed E-state index contributed by atoms with van der Waals surface area (Å²) < 4.78 is -0.0277. The minimum atomic E-state index is -0.577. The summed E-state index contributed by atoms with van der Waals surface area (Å²) in [4.78, 5) is 27.9. The van der Waals surface area contributed by atoms with Crippen molar-refractivity contribution in [1.82, 2.24) is 15.5 Å². The number of hydrogen-bond donors (Lipinski definition) is 2. The first-order valence-electron chi connectivity index (χ1n) is 10.7. The number of fused-ring (bicyclic) bond motifs is 1. The molecule has 1 aliphatic carbocycles. The summed E-state index contributed by atoms with van der Waals surface area (Å²) in [5.41, 5.74) is 1.10. The van der Waals surface area contributed by atoms with Gasteiger partial charge in [0.05, 0.1) is 0 Å². The maximum atomic E-state index is 13.4. The van der Waals surface area contributed by atoms with Gasteiger partial charge in [0, 0.05) is 0 Å². The molecule has 2 aromatic rings. The van der Waals surface area contributed by atoms with E-state index in [4.69, 9.17) is 0 Å². The van der Waals surface area contributed by atoms with Gasteiger partial charge >= 0.3 is 196 Å². The van der Waals surface area contributed by atoms with Crippen molar-refractivity contribution in [1.29, 1.82) is 0 Å². The third-order valence-corrected chi connectivity index (χ3v) is 9.29. The fourth-order valence-electron chi connectivity index (χ4n) is 3.65. The first kappa shape index (κ1) is 23.5. The molecule has 166 valence electrons. The Morgan fingerprint density at radius 1 is 1.16 bits per heavy atom. The Hall–Kier alpha value is -2.19. The summed E-state index contributed by atoms with van der Waals surface area (Å²) >= 11 is -0.577. The van der Waals surface area contributed by atoms with E-state index < -0.39 is 21.2 Å². The van der Waals surface area contributed by atoms with Gasteiger partial charge in [0.2, 0.25) is 0 Å². The molecule has 0 saturated heterocycles. The minimum absolute atomic E-state index is 0.0399. The quantitative estimate of drug-likeness (QED) is 0.269. The number of carbonyl (C=O) groups is 2. The molecule has 2 amide bonds. The van der Waals surface area contributed by atoms with E-state index >= 15 is 0 Å². The second-order valence-corrected chi connectivity index (χ2v) is 11.1. The van der Waals surface area contributed by atoms with Crippen LogP contribution < -0.4 is 31.8 Å². The van der Waals surface area contributed by atoms with Crippen molar-refractivity contribution in [2.75, 3.05) is 20.6 Å². The monoisotopic (exact) mass is 532 g/mol. The van der Waals surface area contributed by atoms with Crippen LogP contribution in [0.15, 0.2) is 66.8 Å². The van der Waals surface area contributed by atoms with Crippen LogP contribution in [0.5, 0.6) is 0 Å². The number of rotatable bonds is 9. The van der Waals surface area contributed by atoms with Crippen molar-refractivity contribution in [3.8, 4) is 0 Å². The van der Waals surface area contributed by atoms with E-state index in [0.29, 0.717) is 16.9 Å². The van der Waals surface area contributed by atoms with E-state index in [1.807, 2.05) is 38.3 Å². The molecular weight excluding hydrogens is 501 g/mol. The van der Waals surface area contributed by atoms with Crippen LogP contribution in [-0.4, -0.2) is 51.4 Å². The number of nitrogens with one attached hydrogen (secondary N) is 2. The van der Waals surface area contributed by atoms with E-state index in [1.165, 1.54) is 10.8 Å². The predicted octanol–water partition coefficient (Wildman–Crippen LogP) is -0.135. The van der Waals surface area contributed by atoms with Crippen LogP contribution in [0.3, 0.4) is 0 Å². The molecule has 0 heterocycles. The third kappa shape index (κ3) is 6.17. The summed E-state index contributed by atoms with van der Waals surface area (Å²) in [6, 6.07) is 14.2. The van der Waals surface area contributed by atoms with Crippen LogP contribution in [0.2, 0.25) is 0 Å². The van der Waals surface area contributed by atoms with Crippen molar-refractivity contribution >= 4 is 22.6 Å². The number of carbonyl (C=O) groups excluding carboxylic acids is 2. The van der Waals surface area contributed by atoms with Gasteiger partial charge in [-0.05, 0) is 0 Å². The summed E-state index contributed by atoms with van der Waals surface area (Å²) in [5.74, 6) is -0.0865. The normalized spacial score (nSPS) is 17.5. The van der Waals surface area contributed by atoms with Crippen LogP contribution in [-0.2, 0) is 16.0 Å². The fourth-order valence-corrected chi connectivity index (χ4v) is 6.89. The number of amides is 2. The standard InChI is InChI=1S/C25H31IN3O2/c1-4-28-24(30)23(26-21-12-6-5-7-13-21)29(3)25(31)22(27-2)17-18-14-15-19-10-8-9-11-20(19)16-18/h5-12,14-16,21-23,27H,4,13,17H2,1-3H3,(H,28,30)/q-1. The molecule has 2 N–H and O–H groups in total. The molecule has 3 unspecified atom stereocenters. The van der Waals surface area contributed by atoms with E-state index in [9.17, 15) is 9.59 Å². The Balaban J connectivity index is 1.75. The Morgan fingerprint density at radius 2 is 1.94 bits per heavy atom. The molecule has 0 spiro atoms. The van der Waals surface area contributed by atoms with Crippen LogP contribution >= 0.6 is 0 Å². The molecule has 3 atom stereocenters. The van der Waals surface area contributed by atoms with Crippen molar-refractivity contribution in [2.24, 2.45) is 0 Å². The topological polar surface area (TPSA) is 61.4 Å². The Kier molecular flexibility index (Phi) is 8.66. The van der Waals surface area contributed by atoms with Gasteiger partial charge in [-0.1, -0.05) is 0 Å². The zero-order valence-corrected chi connectivity index (χ0v) is 20.5. The number of alkyl halides is 2. The molecule has 0 saturated carbocycles. The van der Waals surface area contributed by atoms with Gasteiger partial charge in [0.25, 0.3) is 0 Å². The van der Waals surface area contributed by atoms with Crippen LogP contribution in [0.4, 0.5) is 0 Å². The molecule has 31 heavy (non-hydrogen) atoms. The van der Waals surface area contributed by atoms with Crippen molar-refractivity contribution in [3.63, 3.8) is 0 Å². The second kappa shape index (κ2) is 11.4. The molecule has 0 bridgehead atoms. The van der Waals surface area contributed by atoms with Crippen molar-refractivity contribution in [3.05, 3.63) is 72.3 Å². The van der Waals surface area contributed by atoms with Crippen molar-refractivity contribution < 1.29 is 30.8 Å². The number of nitrogens with zero attached hydrogens (tertiary/aromatic N) is 1. The molecule has 0 radical (unpaired) electrons. The maximum absolute atomic E-state index is 13.4. The molecule has 3 rings (SSSR count). The van der Waals surface area contributed by atoms with E-state index in [0.717, 1.165) is 12.0 Å². The van der Waals surface area contributed by atoms with Crippen molar-refractivity contribution in [2.45, 2.75) is 33.8 Å². The third-order valence-electron chi connectivity index (χ3n) is 5.36. The fraction of sp³-hybridized carbons (Fsp3) is 0.360. The first-order chi connectivity index (χ1) is 15.0. The number of benzene rings is 2. The van der Waals surface area contributed by atoms with Gasteiger partial charge in [0.1, 0.15) is 0 Å². The second-order valence-electron chi connectivity index (χ2n) is 7.60. The average Bonchev–Trinajstić information content (AvgIpc) is 2.80. The Bertz CT molecular complexity index is 972. The zero-order chi connectivity index (χ0) is 22.2. The molecule has 0 aliphatic heterocycles. The van der Waals surface area contributed by atoms with Crippen LogP contribution in [0.1, 0.15) is 18.9 Å². The van der Waals surface area contributed by atoms with Gasteiger partial charge < -0.3 is 0 Å². The molecule has 5 nitrogen and oxygen atoms in total. The van der Waals surface area contributed by atoms with E-state index in [2.05, 4.69) is 53.1 Å². The number of likely N-dealkylation sites (N-methyl/N-ethyl adjacent to an activating group) is 3. The van der Waals surface area contributed by atoms with Crippen LogP contribution in [0, 0.1) is 0 Å². The van der Waals surface area contributed by atoms with Crippen LogP contribution in [0.25, 0.3) is 10.8 Å². The Morgan fingerprint density at radius 3 is 2.61 bits per heavy atom. The molecule has 0 fully saturated rings. The average molecular weight is 532 g/mol. The summed E-state index contributed by atoms with van der Waals surface area (Å²) in [5, 5.41) is 8.45. The summed E-state index contributed by atoms with van der Waals surface area (Å²) in [6.45, 7) is 2.47. The molecule has 6 heteroatoms. The number of halogens is 1. The summed E-state index contributed by atoms with van der Waals surface area (Å²) in [7, 11) is 3.58. The van der Waals surface area contributed by atoms with Gasteiger partial charge in [0.15, 0.2) is 0 Å². The molecule has 2 aromatic carbocycles. The van der Waals surface area contributed by atoms with E-state index in [1.54, 1.807) is 11.9 Å². The van der Waals surface area contributed by atoms with Gasteiger partial charge in [-0.2, -0.15) is 0 Å². The van der Waals surface area contributed by atoms with Gasteiger partial charge in [-0.25, -0.2) is 0 Å². The van der Waals surface area contributed by atoms with Gasteiger partial charge in [-0.3, -0.25) is 0 Å². The zero-order valence-electron chi connectivity index (χ0n) is 18.3. The number of hydrogen-bond acceptors (Lipinski definition) is 3. The predicted molar refractivity (Wildman–Crippen MR) is 122 cm³/mol. The molecule has 0 aromatic heterocycles. The number of allylic oxidation sites excluding steroid dienone is 4. The Labute approximate surface area is 195 Å². The SMILES string of the molecule is CCNC(=O)C([I-]C1C=CC=CC1)N(C)C(=O)C(Cc1ccc2ccccc2c1)NC. The summed E-state index contributed by atoms with van der Waals surface area (Å²) in [6.07, 6.45) is 9.91. The van der Waals surface area contributed by atoms with E-state index in [-0.39, 0.29) is 21.9 Å². The molecule has 1 aliphatic rings. The first-order valence-corrected chi connectivity index (χ1v) is 13.2. The van der Waals surface area contributed by atoms with Gasteiger partial charge in [-0.15, -0.1) is 0 Å².